The molecule has 1 aliphatic heterocycles. The van der Waals surface area contributed by atoms with Crippen molar-refractivity contribution in [3.05, 3.63) is 29.3 Å². The van der Waals surface area contributed by atoms with E-state index in [1.165, 1.54) is 16.7 Å². The SMILES string of the molecule is [CH3][Ge]1([c]2ccc(Cl)cc2)[NH]CC[S]1. The van der Waals surface area contributed by atoms with E-state index in [2.05, 4.69) is 32.3 Å². The maximum absolute atomic E-state index is 5.86. The Bertz CT molecular complexity index is 295. The Kier molecular flexibility index (Phi) is 2.93. The molecule has 0 aliphatic carbocycles. The topological polar surface area (TPSA) is 12.0 Å². The van der Waals surface area contributed by atoms with Gasteiger partial charge in [-0.25, -0.2) is 0 Å². The maximum atomic E-state index is 5.86. The first-order chi connectivity index (χ1) is 6.21. The van der Waals surface area contributed by atoms with Gasteiger partial charge in [0, 0.05) is 0 Å². The first-order valence-corrected chi connectivity index (χ1v) is 12.5. The van der Waals surface area contributed by atoms with Crippen LogP contribution in [0.15, 0.2) is 24.3 Å². The van der Waals surface area contributed by atoms with Gasteiger partial charge in [-0.1, -0.05) is 0 Å². The van der Waals surface area contributed by atoms with Crippen LogP contribution in [0.4, 0.5) is 0 Å². The molecule has 1 unspecified atom stereocenters. The third-order valence-corrected chi connectivity index (χ3v) is 15.4. The summed E-state index contributed by atoms with van der Waals surface area (Å²) in [5.74, 6) is 3.67. The predicted molar refractivity (Wildman–Crippen MR) is 63.2 cm³/mol. The summed E-state index contributed by atoms with van der Waals surface area (Å²) >= 11 is 3.97. The molecule has 4 heteroatoms. The van der Waals surface area contributed by atoms with Gasteiger partial charge in [0.1, 0.15) is 0 Å². The van der Waals surface area contributed by atoms with Gasteiger partial charge in [-0.05, 0) is 0 Å². The fourth-order valence-electron chi connectivity index (χ4n) is 1.55. The average Bonchev–Trinajstić information content (AvgIpc) is 2.54. The molecule has 0 spiro atoms. The van der Waals surface area contributed by atoms with Crippen LogP contribution in [0.3, 0.4) is 0 Å². The summed E-state index contributed by atoms with van der Waals surface area (Å²) in [7, 11) is 2.14. The third kappa shape index (κ3) is 2.06. The number of hydrogen-bond acceptors (Lipinski definition) is 2. The van der Waals surface area contributed by atoms with Crippen molar-refractivity contribution in [3.8, 4) is 0 Å². The molecule has 0 radical (unpaired) electrons. The van der Waals surface area contributed by atoms with Crippen LogP contribution >= 0.6 is 21.7 Å². The molecule has 1 saturated heterocycles. The van der Waals surface area contributed by atoms with Crippen LogP contribution in [0.5, 0.6) is 0 Å². The zero-order valence-electron chi connectivity index (χ0n) is 7.51. The number of benzene rings is 1. The monoisotopic (exact) mass is 275 g/mol. The van der Waals surface area contributed by atoms with Gasteiger partial charge in [0.15, 0.2) is 0 Å². The molecule has 1 atom stereocenters. The van der Waals surface area contributed by atoms with Crippen molar-refractivity contribution < 1.29 is 0 Å². The molecule has 13 heavy (non-hydrogen) atoms. The third-order valence-electron chi connectivity index (χ3n) is 2.35. The van der Waals surface area contributed by atoms with E-state index < -0.39 is 12.3 Å². The van der Waals surface area contributed by atoms with Gasteiger partial charge in [-0.3, -0.25) is 0 Å². The Morgan fingerprint density at radius 3 is 2.62 bits per heavy atom. The fraction of sp³-hybridized carbons (Fsp3) is 0.333. The molecular weight excluding hydrogens is 262 g/mol. The second-order valence-electron chi connectivity index (χ2n) is 3.32. The van der Waals surface area contributed by atoms with Crippen LogP contribution in [0, 0.1) is 0 Å². The van der Waals surface area contributed by atoms with Crippen molar-refractivity contribution in [1.82, 2.24) is 4.27 Å². The van der Waals surface area contributed by atoms with Crippen LogP contribution in [-0.4, -0.2) is 24.6 Å². The van der Waals surface area contributed by atoms with Gasteiger partial charge in [0.2, 0.25) is 0 Å². The molecule has 0 saturated carbocycles. The Hall–Kier alpha value is 0.363. The normalized spacial score (nSPS) is 27.8. The van der Waals surface area contributed by atoms with E-state index in [1.54, 1.807) is 0 Å². The molecule has 1 aromatic carbocycles. The Balaban J connectivity index is 2.29. The molecule has 1 heterocycles. The van der Waals surface area contributed by atoms with E-state index in [1.807, 2.05) is 12.1 Å². The van der Waals surface area contributed by atoms with Crippen molar-refractivity contribution in [3.63, 3.8) is 0 Å². The molecule has 1 N–H and O–H groups in total. The molecule has 70 valence electrons. The second kappa shape index (κ2) is 3.85. The molecule has 0 aromatic heterocycles. The Morgan fingerprint density at radius 1 is 1.38 bits per heavy atom. The van der Waals surface area contributed by atoms with Gasteiger partial charge in [0.25, 0.3) is 0 Å². The van der Waals surface area contributed by atoms with Crippen LogP contribution in [0.2, 0.25) is 10.8 Å². The number of nitrogens with one attached hydrogen (secondary N) is 1. The molecule has 0 bridgehead atoms. The van der Waals surface area contributed by atoms with Gasteiger partial charge in [0.05, 0.1) is 0 Å². The Labute approximate surface area is 89.8 Å². The van der Waals surface area contributed by atoms with E-state index in [-0.39, 0.29) is 0 Å². The van der Waals surface area contributed by atoms with E-state index in [4.69, 9.17) is 11.6 Å². The summed E-state index contributed by atoms with van der Waals surface area (Å²) in [4.78, 5) is 0. The average molecular weight is 274 g/mol. The minimum absolute atomic E-state index is 0.831. The molecule has 0 amide bonds. The van der Waals surface area contributed by atoms with Crippen molar-refractivity contribution >= 4 is 38.4 Å². The van der Waals surface area contributed by atoms with Crippen LogP contribution in [-0.2, 0) is 0 Å². The molecule has 1 aliphatic rings. The standard InChI is InChI=1S/C9H12ClGeNS/c1-11(12-6-7-13-11)9-4-2-8(10)3-5-9/h2-5,12H,6-7H2,1H3. The van der Waals surface area contributed by atoms with Crippen molar-refractivity contribution in [2.75, 3.05) is 12.3 Å². The van der Waals surface area contributed by atoms with E-state index in [9.17, 15) is 0 Å². The van der Waals surface area contributed by atoms with Crippen molar-refractivity contribution in [1.29, 1.82) is 0 Å². The predicted octanol–water partition coefficient (Wildman–Crippen LogP) is 1.96. The van der Waals surface area contributed by atoms with E-state index in [0.29, 0.717) is 0 Å². The van der Waals surface area contributed by atoms with Gasteiger partial charge in [-0.2, -0.15) is 0 Å². The van der Waals surface area contributed by atoms with E-state index in [0.717, 1.165) is 5.02 Å². The molecule has 2 rings (SSSR count). The molecular formula is C9H12ClGeNS. The summed E-state index contributed by atoms with van der Waals surface area (Å²) in [6, 6.07) is 8.34. The Morgan fingerprint density at radius 2 is 2.08 bits per heavy atom. The first kappa shape index (κ1) is 9.90. The van der Waals surface area contributed by atoms with E-state index >= 15 is 0 Å². The summed E-state index contributed by atoms with van der Waals surface area (Å²) in [6.45, 7) is 1.17. The second-order valence-corrected chi connectivity index (χ2v) is 16.8. The van der Waals surface area contributed by atoms with Gasteiger partial charge in [-0.15, -0.1) is 0 Å². The zero-order valence-corrected chi connectivity index (χ0v) is 11.2. The molecule has 1 nitrogen and oxygen atoms in total. The first-order valence-electron chi connectivity index (χ1n) is 4.36. The van der Waals surface area contributed by atoms with Crippen molar-refractivity contribution in [2.24, 2.45) is 0 Å². The number of hydrogen-bond donors (Lipinski definition) is 1. The van der Waals surface area contributed by atoms with Gasteiger partial charge >= 0.3 is 90.0 Å². The molecule has 1 aromatic rings. The van der Waals surface area contributed by atoms with Crippen LogP contribution in [0.1, 0.15) is 0 Å². The van der Waals surface area contributed by atoms with Crippen LogP contribution in [0.25, 0.3) is 0 Å². The zero-order chi connectivity index (χ0) is 9.31. The van der Waals surface area contributed by atoms with Crippen LogP contribution < -0.4 is 8.67 Å². The molecule has 1 fully saturated rings. The fourth-order valence-corrected chi connectivity index (χ4v) is 12.5. The quantitative estimate of drug-likeness (QED) is 0.786. The summed E-state index contributed by atoms with van der Waals surface area (Å²) < 4.78 is 5.17. The summed E-state index contributed by atoms with van der Waals surface area (Å²) in [6.07, 6.45) is 0. The summed E-state index contributed by atoms with van der Waals surface area (Å²) in [5.41, 5.74) is 0. The number of rotatable bonds is 1. The summed E-state index contributed by atoms with van der Waals surface area (Å²) in [5, 5.41) is 0.831. The van der Waals surface area contributed by atoms with Gasteiger partial charge < -0.3 is 0 Å². The minimum atomic E-state index is -1.89. The number of halogens is 1. The van der Waals surface area contributed by atoms with Crippen molar-refractivity contribution in [2.45, 2.75) is 5.76 Å².